The van der Waals surface area contributed by atoms with E-state index < -0.39 is 5.66 Å². The number of nitrogens with two attached hydrogens (primary N) is 2. The van der Waals surface area contributed by atoms with Crippen LogP contribution in [-0.2, 0) is 0 Å². The van der Waals surface area contributed by atoms with Crippen LogP contribution < -0.4 is 21.1 Å². The minimum absolute atomic E-state index is 0.203. The predicted molar refractivity (Wildman–Crippen MR) is 91.3 cm³/mol. The summed E-state index contributed by atoms with van der Waals surface area (Å²) >= 11 is 0. The summed E-state index contributed by atoms with van der Waals surface area (Å²) in [6.45, 7) is 6.80. The molecule has 0 radical (unpaired) electrons. The Hall–Kier alpha value is -2.24. The minimum atomic E-state index is -0.570. The normalized spacial score (nSPS) is 17.0. The van der Waals surface area contributed by atoms with Gasteiger partial charge in [-0.3, -0.25) is 4.90 Å². The maximum absolute atomic E-state index is 6.01. The van der Waals surface area contributed by atoms with Crippen LogP contribution in [0.4, 0.5) is 5.69 Å². The molecule has 1 heterocycles. The molecule has 6 nitrogen and oxygen atoms in total. The molecule has 2 rings (SSSR count). The van der Waals surface area contributed by atoms with Crippen molar-refractivity contribution in [3.05, 3.63) is 24.3 Å². The third-order valence-corrected chi connectivity index (χ3v) is 3.51. The first-order chi connectivity index (χ1) is 10.4. The lowest BCUT2D eigenvalue weighted by molar-refractivity contribution is 0.306. The summed E-state index contributed by atoms with van der Waals surface area (Å²) in [4.78, 5) is 10.2. The summed E-state index contributed by atoms with van der Waals surface area (Å²) in [5.41, 5.74) is 12.0. The topological polar surface area (TPSA) is 89.2 Å². The van der Waals surface area contributed by atoms with Crippen molar-refractivity contribution in [2.75, 3.05) is 11.5 Å². The van der Waals surface area contributed by atoms with Crippen molar-refractivity contribution in [1.82, 2.24) is 0 Å². The molecule has 120 valence electrons. The van der Waals surface area contributed by atoms with Crippen LogP contribution in [0.15, 0.2) is 34.3 Å². The number of ether oxygens (including phenoxy) is 1. The Kier molecular flexibility index (Phi) is 4.90. The molecular formula is C16H25N5O. The molecule has 0 aliphatic carbocycles. The van der Waals surface area contributed by atoms with Crippen molar-refractivity contribution < 1.29 is 4.74 Å². The van der Waals surface area contributed by atoms with Crippen molar-refractivity contribution >= 4 is 17.6 Å². The van der Waals surface area contributed by atoms with Crippen LogP contribution in [0.1, 0.15) is 40.0 Å². The number of hydrogen-bond acceptors (Lipinski definition) is 6. The molecule has 0 aromatic heterocycles. The molecule has 0 bridgehead atoms. The van der Waals surface area contributed by atoms with Gasteiger partial charge in [0.15, 0.2) is 0 Å². The van der Waals surface area contributed by atoms with E-state index in [-0.39, 0.29) is 5.96 Å². The highest BCUT2D eigenvalue weighted by atomic mass is 16.5. The zero-order chi connectivity index (χ0) is 16.2. The average molecular weight is 303 g/mol. The summed E-state index contributed by atoms with van der Waals surface area (Å²) in [6, 6.07) is 7.78. The number of aliphatic imine (C=N–C) groups is 2. The predicted octanol–water partition coefficient (Wildman–Crippen LogP) is 2.44. The van der Waals surface area contributed by atoms with E-state index in [4.69, 9.17) is 16.2 Å². The third-order valence-electron chi connectivity index (χ3n) is 3.51. The minimum Gasteiger partial charge on any atom is -0.494 e. The number of hydrogen-bond donors (Lipinski definition) is 2. The molecule has 1 aliphatic heterocycles. The van der Waals surface area contributed by atoms with E-state index in [2.05, 4.69) is 16.9 Å². The Labute approximate surface area is 131 Å². The molecule has 0 atom stereocenters. The molecule has 1 aromatic carbocycles. The first kappa shape index (κ1) is 16.1. The smallest absolute Gasteiger partial charge is 0.220 e. The van der Waals surface area contributed by atoms with Gasteiger partial charge in [-0.2, -0.15) is 4.99 Å². The van der Waals surface area contributed by atoms with Gasteiger partial charge in [0, 0.05) is 5.69 Å². The molecule has 0 amide bonds. The molecule has 6 heteroatoms. The fourth-order valence-corrected chi connectivity index (χ4v) is 2.48. The SMILES string of the molecule is CCCCCOc1ccc(N2C(N)=NC(N)=NC2(C)C)cc1. The molecule has 1 aromatic rings. The number of anilines is 1. The maximum atomic E-state index is 6.01. The van der Waals surface area contributed by atoms with Gasteiger partial charge in [-0.25, -0.2) is 4.99 Å². The maximum Gasteiger partial charge on any atom is 0.220 e. The zero-order valence-electron chi connectivity index (χ0n) is 13.5. The van der Waals surface area contributed by atoms with Crippen molar-refractivity contribution in [2.24, 2.45) is 21.5 Å². The second kappa shape index (κ2) is 6.68. The van der Waals surface area contributed by atoms with E-state index in [9.17, 15) is 0 Å². The van der Waals surface area contributed by atoms with E-state index in [1.165, 1.54) is 12.8 Å². The van der Waals surface area contributed by atoms with Crippen molar-refractivity contribution in [3.63, 3.8) is 0 Å². The molecule has 0 spiro atoms. The largest absolute Gasteiger partial charge is 0.494 e. The average Bonchev–Trinajstić information content (AvgIpc) is 2.43. The number of benzene rings is 1. The molecule has 0 saturated carbocycles. The molecular weight excluding hydrogens is 278 g/mol. The van der Waals surface area contributed by atoms with Crippen LogP contribution in [-0.4, -0.2) is 24.2 Å². The van der Waals surface area contributed by atoms with Crippen molar-refractivity contribution in [2.45, 2.75) is 45.7 Å². The van der Waals surface area contributed by atoms with E-state index in [0.717, 1.165) is 24.5 Å². The Morgan fingerprint density at radius 3 is 2.41 bits per heavy atom. The van der Waals surface area contributed by atoms with Crippen LogP contribution in [0, 0.1) is 0 Å². The Bertz CT molecular complexity index is 562. The van der Waals surface area contributed by atoms with Crippen LogP contribution in [0.25, 0.3) is 0 Å². The fraction of sp³-hybridized carbons (Fsp3) is 0.500. The molecule has 0 saturated heterocycles. The Morgan fingerprint density at radius 2 is 1.82 bits per heavy atom. The van der Waals surface area contributed by atoms with Gasteiger partial charge in [0.25, 0.3) is 0 Å². The first-order valence-electron chi connectivity index (χ1n) is 7.66. The van der Waals surface area contributed by atoms with Gasteiger partial charge in [-0.1, -0.05) is 19.8 Å². The van der Waals surface area contributed by atoms with Gasteiger partial charge in [-0.15, -0.1) is 0 Å². The highest BCUT2D eigenvalue weighted by molar-refractivity contribution is 6.05. The molecule has 0 fully saturated rings. The summed E-state index contributed by atoms with van der Waals surface area (Å²) in [5, 5.41) is 0. The highest BCUT2D eigenvalue weighted by Gasteiger charge is 2.32. The number of guanidine groups is 2. The lowest BCUT2D eigenvalue weighted by atomic mass is 10.1. The van der Waals surface area contributed by atoms with Crippen LogP contribution in [0.3, 0.4) is 0 Å². The van der Waals surface area contributed by atoms with E-state index in [1.54, 1.807) is 0 Å². The van der Waals surface area contributed by atoms with Crippen LogP contribution in [0.5, 0.6) is 5.75 Å². The monoisotopic (exact) mass is 303 g/mol. The van der Waals surface area contributed by atoms with Gasteiger partial charge in [0.2, 0.25) is 11.9 Å². The standard InChI is InChI=1S/C16H25N5O/c1-4-5-6-11-22-13-9-7-12(8-10-13)21-15(18)19-14(17)20-16(21,2)3/h7-10H,4-6,11H2,1-3H3,(H4,17,18,19,20). The number of unbranched alkanes of at least 4 members (excludes halogenated alkanes) is 2. The van der Waals surface area contributed by atoms with Gasteiger partial charge >= 0.3 is 0 Å². The molecule has 22 heavy (non-hydrogen) atoms. The third kappa shape index (κ3) is 3.69. The second-order valence-corrected chi connectivity index (χ2v) is 5.82. The lowest BCUT2D eigenvalue weighted by Crippen LogP contribution is -2.54. The van der Waals surface area contributed by atoms with Gasteiger partial charge in [0.05, 0.1) is 6.61 Å². The van der Waals surface area contributed by atoms with Gasteiger partial charge in [-0.05, 0) is 44.5 Å². The second-order valence-electron chi connectivity index (χ2n) is 5.82. The van der Waals surface area contributed by atoms with E-state index in [1.807, 2.05) is 43.0 Å². The quantitative estimate of drug-likeness (QED) is 0.790. The van der Waals surface area contributed by atoms with E-state index in [0.29, 0.717) is 5.96 Å². The Balaban J connectivity index is 2.08. The number of nitrogens with zero attached hydrogens (tertiary/aromatic N) is 3. The van der Waals surface area contributed by atoms with Gasteiger partial charge < -0.3 is 16.2 Å². The molecule has 4 N–H and O–H groups in total. The highest BCUT2D eigenvalue weighted by Crippen LogP contribution is 2.28. The summed E-state index contributed by atoms with van der Waals surface area (Å²) in [5.74, 6) is 1.40. The molecule has 1 aliphatic rings. The summed E-state index contributed by atoms with van der Waals surface area (Å²) < 4.78 is 5.72. The zero-order valence-corrected chi connectivity index (χ0v) is 13.5. The molecule has 0 unspecified atom stereocenters. The Morgan fingerprint density at radius 1 is 1.14 bits per heavy atom. The van der Waals surface area contributed by atoms with E-state index >= 15 is 0 Å². The number of rotatable bonds is 6. The van der Waals surface area contributed by atoms with Crippen molar-refractivity contribution in [1.29, 1.82) is 0 Å². The van der Waals surface area contributed by atoms with Gasteiger partial charge in [0.1, 0.15) is 11.4 Å². The lowest BCUT2D eigenvalue weighted by Gasteiger charge is -2.38. The fourth-order valence-electron chi connectivity index (χ4n) is 2.48. The van der Waals surface area contributed by atoms with Crippen LogP contribution >= 0.6 is 0 Å². The van der Waals surface area contributed by atoms with Crippen LogP contribution in [0.2, 0.25) is 0 Å². The first-order valence-corrected chi connectivity index (χ1v) is 7.66. The summed E-state index contributed by atoms with van der Waals surface area (Å²) in [7, 11) is 0. The summed E-state index contributed by atoms with van der Waals surface area (Å²) in [6.07, 6.45) is 3.45. The van der Waals surface area contributed by atoms with Crippen molar-refractivity contribution in [3.8, 4) is 5.75 Å².